The SMILES string of the molecule is O=C(N=C[C@@]1(C(=O)NCc2ncc(Nc3ccc(Cl)cc3C(F)(F)F)cc2F)CCOC1)c1cncc(O)c1. The van der Waals surface area contributed by atoms with Gasteiger partial charge < -0.3 is 20.5 Å². The van der Waals surface area contributed by atoms with Gasteiger partial charge in [-0.15, -0.1) is 0 Å². The molecule has 2 aromatic heterocycles. The van der Waals surface area contributed by atoms with Crippen molar-refractivity contribution in [3.8, 4) is 5.75 Å². The van der Waals surface area contributed by atoms with Crippen molar-refractivity contribution in [2.45, 2.75) is 19.1 Å². The van der Waals surface area contributed by atoms with Gasteiger partial charge in [0.15, 0.2) is 0 Å². The molecule has 4 rings (SSSR count). The fraction of sp³-hybridized carbons (Fsp3) is 0.240. The monoisotopic (exact) mass is 565 g/mol. The third-order valence-corrected chi connectivity index (χ3v) is 6.04. The Kier molecular flexibility index (Phi) is 8.11. The van der Waals surface area contributed by atoms with Gasteiger partial charge in [-0.2, -0.15) is 13.2 Å². The first-order valence-electron chi connectivity index (χ1n) is 11.3. The lowest BCUT2D eigenvalue weighted by molar-refractivity contribution is -0.137. The van der Waals surface area contributed by atoms with Gasteiger partial charge in [0.1, 0.15) is 17.0 Å². The van der Waals surface area contributed by atoms with E-state index >= 15 is 0 Å². The van der Waals surface area contributed by atoms with Crippen molar-refractivity contribution in [2.75, 3.05) is 18.5 Å². The fourth-order valence-corrected chi connectivity index (χ4v) is 3.91. The number of nitrogens with zero attached hydrogens (tertiary/aromatic N) is 3. The van der Waals surface area contributed by atoms with Gasteiger partial charge in [-0.25, -0.2) is 9.38 Å². The van der Waals surface area contributed by atoms with Gasteiger partial charge in [0.2, 0.25) is 5.91 Å². The van der Waals surface area contributed by atoms with Crippen molar-refractivity contribution in [3.05, 3.63) is 76.6 Å². The minimum absolute atomic E-state index is 0.0154. The van der Waals surface area contributed by atoms with Gasteiger partial charge in [0.25, 0.3) is 5.91 Å². The molecule has 0 radical (unpaired) electrons. The fourth-order valence-electron chi connectivity index (χ4n) is 3.74. The quantitative estimate of drug-likeness (QED) is 0.281. The molecule has 0 bridgehead atoms. The van der Waals surface area contributed by atoms with Crippen LogP contribution in [0, 0.1) is 11.2 Å². The number of aromatic hydroxyl groups is 1. The molecule has 204 valence electrons. The summed E-state index contributed by atoms with van der Waals surface area (Å²) in [7, 11) is 0. The number of carbonyl (C=O) groups is 2. The van der Waals surface area contributed by atoms with Crippen LogP contribution in [0.25, 0.3) is 0 Å². The van der Waals surface area contributed by atoms with Crippen LogP contribution in [0.1, 0.15) is 28.0 Å². The molecular weight excluding hydrogens is 546 g/mol. The summed E-state index contributed by atoms with van der Waals surface area (Å²) in [6.07, 6.45) is 0.140. The van der Waals surface area contributed by atoms with Crippen molar-refractivity contribution < 1.29 is 37.0 Å². The Hall–Kier alpha value is -4.10. The highest BCUT2D eigenvalue weighted by molar-refractivity contribution is 6.30. The minimum Gasteiger partial charge on any atom is -0.506 e. The molecule has 3 aromatic rings. The van der Waals surface area contributed by atoms with Crippen LogP contribution in [0.15, 0.2) is 53.9 Å². The second-order valence-electron chi connectivity index (χ2n) is 8.60. The van der Waals surface area contributed by atoms with Crippen molar-refractivity contribution in [2.24, 2.45) is 10.4 Å². The standard InChI is InChI=1S/C25H20ClF4N5O4/c26-15-1-2-20(18(6-15)25(28,29)30)35-16-7-19(27)21(32-9-16)11-33-23(38)24(3-4-39-13-24)12-34-22(37)14-5-17(36)10-31-8-14/h1-2,5-10,12,35-36H,3-4,11,13H2,(H,33,38)/t24-/m0/s1. The minimum atomic E-state index is -4.70. The third kappa shape index (κ3) is 6.67. The molecule has 0 spiro atoms. The predicted molar refractivity (Wildman–Crippen MR) is 132 cm³/mol. The maximum Gasteiger partial charge on any atom is 0.418 e. The van der Waals surface area contributed by atoms with E-state index in [4.69, 9.17) is 16.3 Å². The number of anilines is 2. The summed E-state index contributed by atoms with van der Waals surface area (Å²) < 4.78 is 60.1. The molecule has 1 atom stereocenters. The Balaban J connectivity index is 1.44. The molecule has 1 aliphatic heterocycles. The zero-order chi connectivity index (χ0) is 28.2. The number of aromatic nitrogens is 2. The predicted octanol–water partition coefficient (Wildman–Crippen LogP) is 4.67. The number of alkyl halides is 3. The number of hydrogen-bond acceptors (Lipinski definition) is 7. The average Bonchev–Trinajstić information content (AvgIpc) is 3.37. The summed E-state index contributed by atoms with van der Waals surface area (Å²) in [5.41, 5.74) is -2.89. The van der Waals surface area contributed by atoms with E-state index in [-0.39, 0.29) is 59.6 Å². The van der Waals surface area contributed by atoms with E-state index in [1.54, 1.807) is 0 Å². The zero-order valence-electron chi connectivity index (χ0n) is 19.9. The van der Waals surface area contributed by atoms with Crippen LogP contribution in [-0.4, -0.2) is 46.3 Å². The van der Waals surface area contributed by atoms with E-state index in [0.717, 1.165) is 36.8 Å². The number of pyridine rings is 2. The summed E-state index contributed by atoms with van der Waals surface area (Å²) in [6.45, 7) is -0.200. The van der Waals surface area contributed by atoms with Crippen LogP contribution in [0.2, 0.25) is 5.02 Å². The van der Waals surface area contributed by atoms with E-state index < -0.39 is 34.8 Å². The van der Waals surface area contributed by atoms with E-state index in [1.165, 1.54) is 18.3 Å². The van der Waals surface area contributed by atoms with Gasteiger partial charge in [-0.3, -0.25) is 19.6 Å². The molecule has 0 saturated carbocycles. The van der Waals surface area contributed by atoms with E-state index in [0.29, 0.717) is 0 Å². The Morgan fingerprint density at radius 1 is 1.21 bits per heavy atom. The Bertz CT molecular complexity index is 1430. The largest absolute Gasteiger partial charge is 0.506 e. The second-order valence-corrected chi connectivity index (χ2v) is 9.04. The van der Waals surface area contributed by atoms with Crippen molar-refractivity contribution in [3.63, 3.8) is 0 Å². The molecule has 3 heterocycles. The van der Waals surface area contributed by atoms with Gasteiger partial charge in [0, 0.05) is 30.1 Å². The lowest BCUT2D eigenvalue weighted by Crippen LogP contribution is -2.43. The summed E-state index contributed by atoms with van der Waals surface area (Å²) in [5.74, 6) is -2.43. The number of nitrogens with one attached hydrogen (secondary N) is 2. The molecule has 2 amide bonds. The van der Waals surface area contributed by atoms with Crippen LogP contribution < -0.4 is 10.6 Å². The zero-order valence-corrected chi connectivity index (χ0v) is 20.7. The lowest BCUT2D eigenvalue weighted by atomic mass is 9.87. The van der Waals surface area contributed by atoms with E-state index in [9.17, 15) is 32.3 Å². The molecule has 1 aromatic carbocycles. The second kappa shape index (κ2) is 11.3. The van der Waals surface area contributed by atoms with Crippen LogP contribution in [0.4, 0.5) is 28.9 Å². The molecule has 1 aliphatic rings. The lowest BCUT2D eigenvalue weighted by Gasteiger charge is -2.21. The number of halogens is 5. The number of hydrogen-bond donors (Lipinski definition) is 3. The summed E-state index contributed by atoms with van der Waals surface area (Å²) in [6, 6.07) is 5.24. The van der Waals surface area contributed by atoms with Gasteiger partial charge in [-0.05, 0) is 30.7 Å². The van der Waals surface area contributed by atoms with Crippen LogP contribution in [0.3, 0.4) is 0 Å². The first-order valence-corrected chi connectivity index (χ1v) is 11.7. The molecule has 0 aliphatic carbocycles. The number of carbonyl (C=O) groups excluding carboxylic acids is 2. The molecule has 9 nitrogen and oxygen atoms in total. The molecule has 3 N–H and O–H groups in total. The molecule has 39 heavy (non-hydrogen) atoms. The number of benzene rings is 1. The average molecular weight is 566 g/mol. The highest BCUT2D eigenvalue weighted by Crippen LogP contribution is 2.37. The van der Waals surface area contributed by atoms with Crippen molar-refractivity contribution in [1.29, 1.82) is 0 Å². The highest BCUT2D eigenvalue weighted by atomic mass is 35.5. The smallest absolute Gasteiger partial charge is 0.418 e. The van der Waals surface area contributed by atoms with Crippen LogP contribution >= 0.6 is 11.6 Å². The summed E-state index contributed by atoms with van der Waals surface area (Å²) in [4.78, 5) is 36.8. The summed E-state index contributed by atoms with van der Waals surface area (Å²) in [5, 5.41) is 14.4. The van der Waals surface area contributed by atoms with Crippen molar-refractivity contribution in [1.82, 2.24) is 15.3 Å². The Morgan fingerprint density at radius 3 is 2.67 bits per heavy atom. The van der Waals surface area contributed by atoms with Crippen molar-refractivity contribution >= 4 is 41.0 Å². The maximum absolute atomic E-state index is 14.7. The summed E-state index contributed by atoms with van der Waals surface area (Å²) >= 11 is 5.68. The third-order valence-electron chi connectivity index (χ3n) is 5.80. The highest BCUT2D eigenvalue weighted by Gasteiger charge is 2.41. The Morgan fingerprint density at radius 2 is 2.00 bits per heavy atom. The van der Waals surface area contributed by atoms with E-state index in [2.05, 4.69) is 25.6 Å². The topological polar surface area (TPSA) is 126 Å². The van der Waals surface area contributed by atoms with Gasteiger partial charge in [0.05, 0.1) is 53.7 Å². The first-order chi connectivity index (χ1) is 18.5. The Labute approximate surface area is 223 Å². The molecule has 14 heteroatoms. The van der Waals surface area contributed by atoms with Crippen LogP contribution in [-0.2, 0) is 22.3 Å². The number of aliphatic imine (C=N–C) groups is 1. The molecule has 1 fully saturated rings. The van der Waals surface area contributed by atoms with E-state index in [1.807, 2.05) is 0 Å². The number of amides is 2. The van der Waals surface area contributed by atoms with Gasteiger partial charge >= 0.3 is 6.18 Å². The molecular formula is C25H20ClF4N5O4. The van der Waals surface area contributed by atoms with Gasteiger partial charge in [-0.1, -0.05) is 11.6 Å². The molecule has 1 saturated heterocycles. The van der Waals surface area contributed by atoms with Crippen LogP contribution in [0.5, 0.6) is 5.75 Å². The number of rotatable bonds is 7. The first kappa shape index (κ1) is 27.9. The maximum atomic E-state index is 14.7. The number of ether oxygens (including phenoxy) is 1. The normalized spacial score (nSPS) is 17.4. The molecule has 0 unspecified atom stereocenters.